The number of hydrogen-bond acceptors (Lipinski definition) is 2. The van der Waals surface area contributed by atoms with Crippen molar-refractivity contribution in [1.82, 2.24) is 5.32 Å². The zero-order valence-corrected chi connectivity index (χ0v) is 11.1. The number of hydrogen-bond donors (Lipinski definition) is 1. The molecule has 1 fully saturated rings. The molecular weight excluding hydrogens is 208 g/mol. The lowest BCUT2D eigenvalue weighted by Gasteiger charge is -2.21. The van der Waals surface area contributed by atoms with E-state index in [0.717, 1.165) is 12.5 Å². The average Bonchev–Trinajstić information content (AvgIpc) is 2.79. The molecule has 1 N–H and O–H groups in total. The first-order valence-electron chi connectivity index (χ1n) is 6.82. The monoisotopic (exact) mass is 232 g/mol. The van der Waals surface area contributed by atoms with E-state index in [1.807, 2.05) is 0 Å². The smallest absolute Gasteiger partial charge is 0.0396 e. The molecule has 2 heteroatoms. The number of aryl methyl sites for hydroxylation is 1. The van der Waals surface area contributed by atoms with E-state index in [-0.39, 0.29) is 0 Å². The lowest BCUT2D eigenvalue weighted by molar-refractivity contribution is 0.516. The lowest BCUT2D eigenvalue weighted by atomic mass is 10.1. The Hall–Kier alpha value is -1.02. The average molecular weight is 232 g/mol. The van der Waals surface area contributed by atoms with Crippen LogP contribution in [0.25, 0.3) is 0 Å². The van der Waals surface area contributed by atoms with E-state index in [9.17, 15) is 0 Å². The molecule has 1 aromatic rings. The van der Waals surface area contributed by atoms with Gasteiger partial charge < -0.3 is 10.2 Å². The van der Waals surface area contributed by atoms with Crippen LogP contribution in [-0.2, 0) is 0 Å². The summed E-state index contributed by atoms with van der Waals surface area (Å²) in [4.78, 5) is 2.54. The maximum atomic E-state index is 3.54. The van der Waals surface area contributed by atoms with Crippen LogP contribution >= 0.6 is 0 Å². The van der Waals surface area contributed by atoms with Crippen molar-refractivity contribution >= 4 is 5.69 Å². The first kappa shape index (κ1) is 12.4. The molecule has 0 spiro atoms. The van der Waals surface area contributed by atoms with E-state index in [4.69, 9.17) is 0 Å². The lowest BCUT2D eigenvalue weighted by Crippen LogP contribution is -2.27. The van der Waals surface area contributed by atoms with Crippen LogP contribution in [0, 0.1) is 12.8 Å². The fraction of sp³-hybridized carbons (Fsp3) is 0.600. The summed E-state index contributed by atoms with van der Waals surface area (Å²) < 4.78 is 0. The van der Waals surface area contributed by atoms with E-state index >= 15 is 0 Å². The standard InChI is InChI=1S/C15H24N2/c1-3-9-16-11-14-8-10-17(12-14)15-7-5-4-6-13(15)2/h4-7,14,16H,3,8-12H2,1-2H3. The van der Waals surface area contributed by atoms with Crippen molar-refractivity contribution in [2.75, 3.05) is 31.1 Å². The van der Waals surface area contributed by atoms with Crippen molar-refractivity contribution in [3.8, 4) is 0 Å². The molecule has 1 saturated heterocycles. The molecule has 0 amide bonds. The van der Waals surface area contributed by atoms with Gasteiger partial charge in [-0.15, -0.1) is 0 Å². The molecular formula is C15H24N2. The number of rotatable bonds is 5. The van der Waals surface area contributed by atoms with Crippen molar-refractivity contribution in [3.05, 3.63) is 29.8 Å². The third kappa shape index (κ3) is 3.22. The summed E-state index contributed by atoms with van der Waals surface area (Å²) in [6.07, 6.45) is 2.55. The van der Waals surface area contributed by atoms with Gasteiger partial charge in [0.25, 0.3) is 0 Å². The highest BCUT2D eigenvalue weighted by Gasteiger charge is 2.22. The van der Waals surface area contributed by atoms with Crippen LogP contribution < -0.4 is 10.2 Å². The molecule has 0 bridgehead atoms. The van der Waals surface area contributed by atoms with E-state index in [0.29, 0.717) is 0 Å². The van der Waals surface area contributed by atoms with Gasteiger partial charge in [0.2, 0.25) is 0 Å². The summed E-state index contributed by atoms with van der Waals surface area (Å²) in [5.74, 6) is 0.821. The van der Waals surface area contributed by atoms with Crippen molar-refractivity contribution in [1.29, 1.82) is 0 Å². The van der Waals surface area contributed by atoms with Gasteiger partial charge in [0.1, 0.15) is 0 Å². The molecule has 2 rings (SSSR count). The number of anilines is 1. The zero-order chi connectivity index (χ0) is 12.1. The third-order valence-electron chi connectivity index (χ3n) is 3.60. The van der Waals surface area contributed by atoms with Crippen molar-refractivity contribution in [2.45, 2.75) is 26.7 Å². The zero-order valence-electron chi connectivity index (χ0n) is 11.1. The summed E-state index contributed by atoms with van der Waals surface area (Å²) >= 11 is 0. The number of para-hydroxylation sites is 1. The van der Waals surface area contributed by atoms with Gasteiger partial charge in [0.05, 0.1) is 0 Å². The second-order valence-corrected chi connectivity index (χ2v) is 5.09. The molecule has 94 valence electrons. The predicted octanol–water partition coefficient (Wildman–Crippen LogP) is 2.82. The molecule has 0 aromatic heterocycles. The van der Waals surface area contributed by atoms with Crippen molar-refractivity contribution in [3.63, 3.8) is 0 Å². The summed E-state index contributed by atoms with van der Waals surface area (Å²) in [6.45, 7) is 9.18. The molecule has 1 aliphatic heterocycles. The summed E-state index contributed by atoms with van der Waals surface area (Å²) in [5.41, 5.74) is 2.82. The minimum Gasteiger partial charge on any atom is -0.371 e. The fourth-order valence-electron chi connectivity index (χ4n) is 2.62. The Labute approximate surface area is 105 Å². The Morgan fingerprint density at radius 2 is 2.18 bits per heavy atom. The number of benzene rings is 1. The Kier molecular flexibility index (Phi) is 4.43. The molecule has 2 nitrogen and oxygen atoms in total. The van der Waals surface area contributed by atoms with Crippen LogP contribution in [0.3, 0.4) is 0 Å². The Balaban J connectivity index is 1.87. The molecule has 1 atom stereocenters. The van der Waals surface area contributed by atoms with Gasteiger partial charge >= 0.3 is 0 Å². The van der Waals surface area contributed by atoms with Gasteiger partial charge in [0.15, 0.2) is 0 Å². The molecule has 1 aromatic carbocycles. The highest BCUT2D eigenvalue weighted by atomic mass is 15.2. The topological polar surface area (TPSA) is 15.3 Å². The van der Waals surface area contributed by atoms with Crippen LogP contribution in [0.2, 0.25) is 0 Å². The van der Waals surface area contributed by atoms with Gasteiger partial charge in [-0.1, -0.05) is 25.1 Å². The Bertz CT molecular complexity index is 349. The van der Waals surface area contributed by atoms with Crippen molar-refractivity contribution < 1.29 is 0 Å². The molecule has 1 unspecified atom stereocenters. The third-order valence-corrected chi connectivity index (χ3v) is 3.60. The van der Waals surface area contributed by atoms with Crippen LogP contribution in [0.5, 0.6) is 0 Å². The summed E-state index contributed by atoms with van der Waals surface area (Å²) in [5, 5.41) is 3.54. The summed E-state index contributed by atoms with van der Waals surface area (Å²) in [7, 11) is 0. The van der Waals surface area contributed by atoms with Gasteiger partial charge in [0, 0.05) is 18.8 Å². The SMILES string of the molecule is CCCNCC1CCN(c2ccccc2C)C1. The van der Waals surface area contributed by atoms with Crippen LogP contribution in [-0.4, -0.2) is 26.2 Å². The largest absolute Gasteiger partial charge is 0.371 e. The maximum absolute atomic E-state index is 3.54. The number of nitrogens with zero attached hydrogens (tertiary/aromatic N) is 1. The van der Waals surface area contributed by atoms with E-state index in [1.54, 1.807) is 0 Å². The van der Waals surface area contributed by atoms with E-state index in [1.165, 1.54) is 43.7 Å². The van der Waals surface area contributed by atoms with Crippen LogP contribution in [0.4, 0.5) is 5.69 Å². The quantitative estimate of drug-likeness (QED) is 0.785. The normalized spacial score (nSPS) is 19.9. The van der Waals surface area contributed by atoms with Gasteiger partial charge in [-0.2, -0.15) is 0 Å². The maximum Gasteiger partial charge on any atom is 0.0396 e. The fourth-order valence-corrected chi connectivity index (χ4v) is 2.62. The minimum atomic E-state index is 0.821. The summed E-state index contributed by atoms with van der Waals surface area (Å²) in [6, 6.07) is 8.72. The first-order valence-corrected chi connectivity index (χ1v) is 6.82. The molecule has 1 heterocycles. The molecule has 17 heavy (non-hydrogen) atoms. The highest BCUT2D eigenvalue weighted by Crippen LogP contribution is 2.26. The van der Waals surface area contributed by atoms with E-state index < -0.39 is 0 Å². The first-order chi connectivity index (χ1) is 8.31. The predicted molar refractivity (Wildman–Crippen MR) is 74.7 cm³/mol. The van der Waals surface area contributed by atoms with Crippen LogP contribution in [0.15, 0.2) is 24.3 Å². The second kappa shape index (κ2) is 6.06. The molecule has 1 aliphatic rings. The molecule has 0 saturated carbocycles. The van der Waals surface area contributed by atoms with Gasteiger partial charge in [-0.05, 0) is 50.4 Å². The van der Waals surface area contributed by atoms with Crippen molar-refractivity contribution in [2.24, 2.45) is 5.92 Å². The van der Waals surface area contributed by atoms with Gasteiger partial charge in [-0.3, -0.25) is 0 Å². The highest BCUT2D eigenvalue weighted by molar-refractivity contribution is 5.53. The second-order valence-electron chi connectivity index (χ2n) is 5.09. The van der Waals surface area contributed by atoms with Crippen LogP contribution in [0.1, 0.15) is 25.3 Å². The molecule has 0 aliphatic carbocycles. The Morgan fingerprint density at radius 3 is 2.94 bits per heavy atom. The number of nitrogens with one attached hydrogen (secondary N) is 1. The minimum absolute atomic E-state index is 0.821. The Morgan fingerprint density at radius 1 is 1.35 bits per heavy atom. The van der Waals surface area contributed by atoms with Gasteiger partial charge in [-0.25, -0.2) is 0 Å². The van der Waals surface area contributed by atoms with E-state index in [2.05, 4.69) is 48.3 Å². The molecule has 0 radical (unpaired) electrons.